The second-order valence-electron chi connectivity index (χ2n) is 4.37. The van der Waals surface area contributed by atoms with Crippen LogP contribution in [0.3, 0.4) is 0 Å². The quantitative estimate of drug-likeness (QED) is 0.797. The van der Waals surface area contributed by atoms with Gasteiger partial charge in [0.2, 0.25) is 0 Å². The van der Waals surface area contributed by atoms with Crippen molar-refractivity contribution in [3.63, 3.8) is 0 Å². The van der Waals surface area contributed by atoms with Gasteiger partial charge in [-0.05, 0) is 34.5 Å². The summed E-state index contributed by atoms with van der Waals surface area (Å²) in [6.45, 7) is 1.86. The van der Waals surface area contributed by atoms with Crippen molar-refractivity contribution in [3.8, 4) is 0 Å². The van der Waals surface area contributed by atoms with Crippen molar-refractivity contribution in [3.05, 3.63) is 58.1 Å². The molecule has 0 N–H and O–H groups in total. The molecule has 4 nitrogen and oxygen atoms in total. The third kappa shape index (κ3) is 2.66. The molecule has 0 spiro atoms. The Balaban J connectivity index is 1.82. The van der Waals surface area contributed by atoms with Crippen LogP contribution >= 0.6 is 15.9 Å². The lowest BCUT2D eigenvalue weighted by molar-refractivity contribution is 0.0857. The molecule has 0 saturated heterocycles. The standard InChI is InChI=1S/C14H12BrN3O/c1-9-16-11(8-14(15)17-9)12-7-13(19-18-12)10-5-3-2-4-6-10/h2-6,8,13H,7H2,1H3/t13-/m1/s1. The number of halogens is 1. The Kier molecular flexibility index (Phi) is 3.29. The third-order valence-corrected chi connectivity index (χ3v) is 3.35. The molecule has 0 amide bonds. The van der Waals surface area contributed by atoms with Crippen molar-refractivity contribution in [1.82, 2.24) is 9.97 Å². The highest BCUT2D eigenvalue weighted by atomic mass is 79.9. The van der Waals surface area contributed by atoms with Gasteiger partial charge in [-0.25, -0.2) is 9.97 Å². The summed E-state index contributed by atoms with van der Waals surface area (Å²) in [5.74, 6) is 0.718. The van der Waals surface area contributed by atoms with E-state index in [-0.39, 0.29) is 6.10 Å². The van der Waals surface area contributed by atoms with Crippen molar-refractivity contribution >= 4 is 21.6 Å². The average molecular weight is 318 g/mol. The van der Waals surface area contributed by atoms with Gasteiger partial charge in [0.15, 0.2) is 6.10 Å². The molecular weight excluding hydrogens is 306 g/mol. The molecule has 1 aromatic carbocycles. The predicted molar refractivity (Wildman–Crippen MR) is 75.9 cm³/mol. The third-order valence-electron chi connectivity index (χ3n) is 2.94. The largest absolute Gasteiger partial charge is 0.387 e. The van der Waals surface area contributed by atoms with E-state index < -0.39 is 0 Å². The van der Waals surface area contributed by atoms with Crippen molar-refractivity contribution in [2.24, 2.45) is 5.16 Å². The van der Waals surface area contributed by atoms with Gasteiger partial charge in [0.1, 0.15) is 16.1 Å². The topological polar surface area (TPSA) is 47.4 Å². The van der Waals surface area contributed by atoms with Gasteiger partial charge in [0, 0.05) is 6.42 Å². The minimum absolute atomic E-state index is 0.0229. The fourth-order valence-electron chi connectivity index (χ4n) is 2.05. The number of aryl methyl sites for hydroxylation is 1. The SMILES string of the molecule is Cc1nc(Br)cc(C2=NO[C@@H](c3ccccc3)C2)n1. The van der Waals surface area contributed by atoms with Crippen molar-refractivity contribution in [2.45, 2.75) is 19.4 Å². The number of hydrogen-bond donors (Lipinski definition) is 0. The van der Waals surface area contributed by atoms with Crippen LogP contribution in [-0.4, -0.2) is 15.7 Å². The summed E-state index contributed by atoms with van der Waals surface area (Å²) in [7, 11) is 0. The van der Waals surface area contributed by atoms with Gasteiger partial charge in [-0.3, -0.25) is 0 Å². The van der Waals surface area contributed by atoms with Gasteiger partial charge in [-0.15, -0.1) is 0 Å². The lowest BCUT2D eigenvalue weighted by Gasteiger charge is -2.07. The molecule has 19 heavy (non-hydrogen) atoms. The van der Waals surface area contributed by atoms with E-state index in [1.54, 1.807) is 0 Å². The number of benzene rings is 1. The van der Waals surface area contributed by atoms with Crippen LogP contribution in [0.1, 0.15) is 29.6 Å². The molecule has 0 saturated carbocycles. The molecular formula is C14H12BrN3O. The second kappa shape index (κ2) is 5.09. The first-order valence-corrected chi connectivity index (χ1v) is 6.81. The average Bonchev–Trinajstić information content (AvgIpc) is 2.88. The van der Waals surface area contributed by atoms with E-state index in [2.05, 4.69) is 31.1 Å². The fraction of sp³-hybridized carbons (Fsp3) is 0.214. The Hall–Kier alpha value is -1.75. The first-order valence-electron chi connectivity index (χ1n) is 6.01. The van der Waals surface area contributed by atoms with Crippen molar-refractivity contribution in [1.29, 1.82) is 0 Å². The highest BCUT2D eigenvalue weighted by Gasteiger charge is 2.24. The monoisotopic (exact) mass is 317 g/mol. The number of aromatic nitrogens is 2. The zero-order valence-electron chi connectivity index (χ0n) is 10.4. The summed E-state index contributed by atoms with van der Waals surface area (Å²) in [6, 6.07) is 12.0. The molecule has 96 valence electrons. The molecule has 1 aliphatic heterocycles. The summed E-state index contributed by atoms with van der Waals surface area (Å²) in [4.78, 5) is 14.1. The van der Waals surface area contributed by atoms with Crippen LogP contribution in [0.25, 0.3) is 0 Å². The van der Waals surface area contributed by atoms with Crippen LogP contribution in [0.4, 0.5) is 0 Å². The van der Waals surface area contributed by atoms with E-state index in [1.165, 1.54) is 0 Å². The molecule has 0 unspecified atom stereocenters. The Morgan fingerprint density at radius 2 is 2.00 bits per heavy atom. The predicted octanol–water partition coefficient (Wildman–Crippen LogP) is 3.41. The van der Waals surface area contributed by atoms with E-state index in [9.17, 15) is 0 Å². The van der Waals surface area contributed by atoms with Gasteiger partial charge in [-0.2, -0.15) is 0 Å². The van der Waals surface area contributed by atoms with Gasteiger partial charge in [-0.1, -0.05) is 35.5 Å². The first kappa shape index (κ1) is 12.3. The van der Waals surface area contributed by atoms with Gasteiger partial charge in [0.25, 0.3) is 0 Å². The number of nitrogens with zero attached hydrogens (tertiary/aromatic N) is 3. The molecule has 2 aromatic rings. The molecule has 1 atom stereocenters. The van der Waals surface area contributed by atoms with Crippen LogP contribution in [0.15, 0.2) is 46.2 Å². The highest BCUT2D eigenvalue weighted by molar-refractivity contribution is 9.10. The smallest absolute Gasteiger partial charge is 0.158 e. The second-order valence-corrected chi connectivity index (χ2v) is 5.18. The number of rotatable bonds is 2. The Bertz CT molecular complexity index is 608. The van der Waals surface area contributed by atoms with E-state index >= 15 is 0 Å². The van der Waals surface area contributed by atoms with Gasteiger partial charge < -0.3 is 4.84 Å². The molecule has 2 heterocycles. The zero-order chi connectivity index (χ0) is 13.2. The minimum atomic E-state index is -0.0229. The van der Waals surface area contributed by atoms with E-state index in [0.717, 1.165) is 33.8 Å². The van der Waals surface area contributed by atoms with Crippen LogP contribution < -0.4 is 0 Å². The van der Waals surface area contributed by atoms with Crippen LogP contribution in [0.5, 0.6) is 0 Å². The number of oxime groups is 1. The molecule has 0 radical (unpaired) electrons. The van der Waals surface area contributed by atoms with Crippen molar-refractivity contribution < 1.29 is 4.84 Å². The molecule has 5 heteroatoms. The molecule has 3 rings (SSSR count). The summed E-state index contributed by atoms with van der Waals surface area (Å²) < 4.78 is 0.765. The van der Waals surface area contributed by atoms with Crippen LogP contribution in [0, 0.1) is 6.92 Å². The Labute approximate surface area is 119 Å². The van der Waals surface area contributed by atoms with E-state index in [4.69, 9.17) is 4.84 Å². The zero-order valence-corrected chi connectivity index (χ0v) is 12.0. The van der Waals surface area contributed by atoms with Gasteiger partial charge in [0.05, 0.1) is 5.69 Å². The lowest BCUT2D eigenvalue weighted by Crippen LogP contribution is -2.05. The summed E-state index contributed by atoms with van der Waals surface area (Å²) in [5.41, 5.74) is 2.81. The first-order chi connectivity index (χ1) is 9.22. The van der Waals surface area contributed by atoms with Crippen LogP contribution in [-0.2, 0) is 4.84 Å². The van der Waals surface area contributed by atoms with Crippen molar-refractivity contribution in [2.75, 3.05) is 0 Å². The highest BCUT2D eigenvalue weighted by Crippen LogP contribution is 2.29. The summed E-state index contributed by atoms with van der Waals surface area (Å²) in [6.07, 6.45) is 0.706. The lowest BCUT2D eigenvalue weighted by atomic mass is 10.0. The minimum Gasteiger partial charge on any atom is -0.387 e. The maximum absolute atomic E-state index is 5.50. The Morgan fingerprint density at radius 3 is 2.74 bits per heavy atom. The Morgan fingerprint density at radius 1 is 1.21 bits per heavy atom. The summed E-state index contributed by atoms with van der Waals surface area (Å²) in [5, 5.41) is 4.15. The van der Waals surface area contributed by atoms with Gasteiger partial charge >= 0.3 is 0 Å². The molecule has 0 fully saturated rings. The maximum Gasteiger partial charge on any atom is 0.158 e. The molecule has 1 aromatic heterocycles. The number of hydrogen-bond acceptors (Lipinski definition) is 4. The normalized spacial score (nSPS) is 18.0. The van der Waals surface area contributed by atoms with E-state index in [0.29, 0.717) is 0 Å². The fourth-order valence-corrected chi connectivity index (χ4v) is 2.53. The molecule has 1 aliphatic rings. The summed E-state index contributed by atoms with van der Waals surface area (Å²) >= 11 is 3.37. The van der Waals surface area contributed by atoms with Crippen LogP contribution in [0.2, 0.25) is 0 Å². The molecule has 0 bridgehead atoms. The van der Waals surface area contributed by atoms with E-state index in [1.807, 2.05) is 43.3 Å². The molecule has 0 aliphatic carbocycles. The maximum atomic E-state index is 5.50.